The van der Waals surface area contributed by atoms with Gasteiger partial charge in [0.2, 0.25) is 11.8 Å². The van der Waals surface area contributed by atoms with Gasteiger partial charge in [-0.2, -0.15) is 0 Å². The van der Waals surface area contributed by atoms with Crippen molar-refractivity contribution in [2.45, 2.75) is 25.0 Å². The second-order valence-corrected chi connectivity index (χ2v) is 9.86. The van der Waals surface area contributed by atoms with E-state index in [1.807, 2.05) is 36.6 Å². The van der Waals surface area contributed by atoms with Crippen molar-refractivity contribution >= 4 is 57.3 Å². The first-order valence-corrected chi connectivity index (χ1v) is 12.9. The first-order valence-electron chi connectivity index (χ1n) is 10.3. The van der Waals surface area contributed by atoms with Gasteiger partial charge in [0.1, 0.15) is 5.75 Å². The Labute approximate surface area is 214 Å². The lowest BCUT2D eigenvalue weighted by Crippen LogP contribution is -2.13. The van der Waals surface area contributed by atoms with Crippen LogP contribution in [-0.4, -0.2) is 33.4 Å². The number of anilines is 1. The number of aromatic nitrogens is 3. The molecule has 2 aromatic heterocycles. The Morgan fingerprint density at radius 3 is 2.79 bits per heavy atom. The van der Waals surface area contributed by atoms with Crippen LogP contribution in [0.2, 0.25) is 10.0 Å². The zero-order chi connectivity index (χ0) is 23.9. The number of benzene rings is 2. The quantitative estimate of drug-likeness (QED) is 0.182. The Morgan fingerprint density at radius 2 is 2.00 bits per heavy atom. The van der Waals surface area contributed by atoms with Crippen molar-refractivity contribution in [3.8, 4) is 17.0 Å². The molecule has 0 fully saturated rings. The fraction of sp³-hybridized carbons (Fsp3) is 0.217. The molecule has 4 rings (SSSR count). The van der Waals surface area contributed by atoms with E-state index in [1.54, 1.807) is 18.2 Å². The highest BCUT2D eigenvalue weighted by molar-refractivity contribution is 7.99. The minimum absolute atomic E-state index is 0.138. The van der Waals surface area contributed by atoms with E-state index in [2.05, 4.69) is 20.5 Å². The van der Waals surface area contributed by atoms with Crippen LogP contribution in [0.15, 0.2) is 57.5 Å². The van der Waals surface area contributed by atoms with Crippen LogP contribution < -0.4 is 10.1 Å². The minimum atomic E-state index is -0.192. The number of hydrogen-bond donors (Lipinski definition) is 1. The molecule has 176 valence electrons. The second kappa shape index (κ2) is 11.7. The second-order valence-electron chi connectivity index (χ2n) is 7.23. The van der Waals surface area contributed by atoms with Crippen LogP contribution in [-0.2, 0) is 11.2 Å². The van der Waals surface area contributed by atoms with Crippen molar-refractivity contribution in [2.75, 3.05) is 17.7 Å². The van der Waals surface area contributed by atoms with Crippen molar-refractivity contribution in [3.63, 3.8) is 0 Å². The number of hydrogen-bond acceptors (Lipinski definition) is 8. The highest BCUT2D eigenvalue weighted by Crippen LogP contribution is 2.28. The molecule has 0 aliphatic heterocycles. The van der Waals surface area contributed by atoms with Crippen LogP contribution in [0.25, 0.3) is 11.3 Å². The zero-order valence-electron chi connectivity index (χ0n) is 18.1. The number of halogens is 2. The van der Waals surface area contributed by atoms with Crippen LogP contribution in [0.3, 0.4) is 0 Å². The van der Waals surface area contributed by atoms with Crippen molar-refractivity contribution in [3.05, 3.63) is 69.3 Å². The molecule has 11 heteroatoms. The third-order valence-corrected chi connectivity index (χ3v) is 6.67. The number of carbonyl (C=O) groups excluding carboxylic acids is 1. The average molecular weight is 535 g/mol. The molecule has 0 atom stereocenters. The van der Waals surface area contributed by atoms with Crippen LogP contribution in [0.5, 0.6) is 5.75 Å². The van der Waals surface area contributed by atoms with E-state index in [4.69, 9.17) is 32.4 Å². The fourth-order valence-electron chi connectivity index (χ4n) is 2.87. The Kier molecular flexibility index (Phi) is 8.44. The maximum Gasteiger partial charge on any atom is 0.277 e. The summed E-state index contributed by atoms with van der Waals surface area (Å²) in [5, 5.41) is 14.6. The van der Waals surface area contributed by atoms with E-state index in [9.17, 15) is 4.79 Å². The van der Waals surface area contributed by atoms with Crippen LogP contribution in [0.1, 0.15) is 17.9 Å². The third kappa shape index (κ3) is 6.96. The number of ether oxygens (including phenoxy) is 1. The van der Waals surface area contributed by atoms with Crippen molar-refractivity contribution in [2.24, 2.45) is 0 Å². The van der Waals surface area contributed by atoms with E-state index in [1.165, 1.54) is 28.7 Å². The topological polar surface area (TPSA) is 90.1 Å². The molecule has 0 aliphatic rings. The van der Waals surface area contributed by atoms with Gasteiger partial charge in [-0.25, -0.2) is 4.98 Å². The zero-order valence-corrected chi connectivity index (χ0v) is 21.2. The summed E-state index contributed by atoms with van der Waals surface area (Å²) in [6, 6.07) is 13.2. The van der Waals surface area contributed by atoms with E-state index in [0.717, 1.165) is 11.3 Å². The normalized spacial score (nSPS) is 10.9. The summed E-state index contributed by atoms with van der Waals surface area (Å²) < 4.78 is 11.2. The highest BCUT2D eigenvalue weighted by Gasteiger charge is 2.12. The van der Waals surface area contributed by atoms with Gasteiger partial charge < -0.3 is 14.5 Å². The summed E-state index contributed by atoms with van der Waals surface area (Å²) in [6.07, 6.45) is 1.21. The van der Waals surface area contributed by atoms with Gasteiger partial charge in [-0.3, -0.25) is 4.79 Å². The first kappa shape index (κ1) is 24.5. The lowest BCUT2D eigenvalue weighted by Gasteiger charge is -2.07. The number of aryl methyl sites for hydroxylation is 2. The summed E-state index contributed by atoms with van der Waals surface area (Å²) in [7, 11) is 0. The number of thiazole rings is 1. The summed E-state index contributed by atoms with van der Waals surface area (Å²) >= 11 is 14.5. The van der Waals surface area contributed by atoms with E-state index in [0.29, 0.717) is 51.5 Å². The summed E-state index contributed by atoms with van der Waals surface area (Å²) in [6.45, 7) is 2.47. The molecular formula is C23H20Cl2N4O3S2. The molecule has 4 aromatic rings. The molecule has 0 bridgehead atoms. The molecule has 7 nitrogen and oxygen atoms in total. The molecule has 0 saturated heterocycles. The molecule has 0 saturated carbocycles. The highest BCUT2D eigenvalue weighted by atomic mass is 35.5. The summed E-state index contributed by atoms with van der Waals surface area (Å²) in [4.78, 5) is 16.8. The Morgan fingerprint density at radius 1 is 1.18 bits per heavy atom. The monoisotopic (exact) mass is 534 g/mol. The van der Waals surface area contributed by atoms with Gasteiger partial charge in [0, 0.05) is 22.4 Å². The first-order chi connectivity index (χ1) is 16.5. The molecule has 2 aromatic carbocycles. The maximum absolute atomic E-state index is 12.3. The molecule has 0 spiro atoms. The Hall–Kier alpha value is -2.59. The van der Waals surface area contributed by atoms with Gasteiger partial charge in [0.05, 0.1) is 23.1 Å². The number of nitrogens with zero attached hydrogens (tertiary/aromatic N) is 3. The molecule has 2 heterocycles. The lowest BCUT2D eigenvalue weighted by molar-refractivity contribution is -0.113. The molecule has 0 aliphatic carbocycles. The average Bonchev–Trinajstić information content (AvgIpc) is 3.47. The standard InChI is InChI=1S/C23H20Cl2N4O3S2/c1-14-4-6-15(7-5-14)18-12-33-22(26-18)27-20(30)13-34-23-29-28-21(32-23)3-2-10-31-19-9-8-16(24)11-17(19)25/h4-9,11-12H,2-3,10,13H2,1H3,(H,26,27,30). The number of amides is 1. The van der Waals surface area contributed by atoms with Gasteiger partial charge in [0.25, 0.3) is 5.22 Å². The Bertz CT molecular complexity index is 1260. The Balaban J connectivity index is 1.18. The van der Waals surface area contributed by atoms with Crippen LogP contribution in [0, 0.1) is 6.92 Å². The SMILES string of the molecule is Cc1ccc(-c2csc(NC(=O)CSc3nnc(CCCOc4ccc(Cl)cc4Cl)o3)n2)cc1. The number of nitrogens with one attached hydrogen (secondary N) is 1. The summed E-state index contributed by atoms with van der Waals surface area (Å²) in [5.74, 6) is 1.00. The van der Waals surface area contributed by atoms with E-state index >= 15 is 0 Å². The smallest absolute Gasteiger partial charge is 0.277 e. The van der Waals surface area contributed by atoms with Crippen molar-refractivity contribution in [1.82, 2.24) is 15.2 Å². The van der Waals surface area contributed by atoms with Gasteiger partial charge in [-0.05, 0) is 31.5 Å². The van der Waals surface area contributed by atoms with E-state index < -0.39 is 0 Å². The van der Waals surface area contributed by atoms with Gasteiger partial charge in [0.15, 0.2) is 5.13 Å². The van der Waals surface area contributed by atoms with Crippen molar-refractivity contribution in [1.29, 1.82) is 0 Å². The number of thioether (sulfide) groups is 1. The van der Waals surface area contributed by atoms with Gasteiger partial charge in [-0.15, -0.1) is 21.5 Å². The molecule has 34 heavy (non-hydrogen) atoms. The number of rotatable bonds is 10. The maximum atomic E-state index is 12.3. The molecule has 0 unspecified atom stereocenters. The molecule has 0 radical (unpaired) electrons. The van der Waals surface area contributed by atoms with E-state index in [-0.39, 0.29) is 11.7 Å². The van der Waals surface area contributed by atoms with Crippen molar-refractivity contribution < 1.29 is 13.9 Å². The van der Waals surface area contributed by atoms with Gasteiger partial charge >= 0.3 is 0 Å². The third-order valence-electron chi connectivity index (χ3n) is 4.56. The molecule has 1 N–H and O–H groups in total. The predicted molar refractivity (Wildman–Crippen MR) is 136 cm³/mol. The number of carbonyl (C=O) groups is 1. The fourth-order valence-corrected chi connectivity index (χ4v) is 4.65. The lowest BCUT2D eigenvalue weighted by atomic mass is 10.1. The van der Waals surface area contributed by atoms with Crippen LogP contribution in [0.4, 0.5) is 5.13 Å². The summed E-state index contributed by atoms with van der Waals surface area (Å²) in [5.41, 5.74) is 3.03. The largest absolute Gasteiger partial charge is 0.492 e. The minimum Gasteiger partial charge on any atom is -0.492 e. The molecular weight excluding hydrogens is 515 g/mol. The molecule has 1 amide bonds. The predicted octanol–water partition coefficient (Wildman–Crippen LogP) is 6.55. The van der Waals surface area contributed by atoms with Crippen LogP contribution >= 0.6 is 46.3 Å². The van der Waals surface area contributed by atoms with Gasteiger partial charge in [-0.1, -0.05) is 64.8 Å².